The maximum Gasteiger partial charge on any atom is 0.416 e. The second kappa shape index (κ2) is 12.6. The minimum Gasteiger partial charge on any atom is -0.381 e. The van der Waals surface area contributed by atoms with E-state index in [1.807, 2.05) is 18.2 Å². The molecule has 1 aliphatic heterocycles. The van der Waals surface area contributed by atoms with Gasteiger partial charge in [-0.05, 0) is 49.6 Å². The Balaban J connectivity index is 1.54. The van der Waals surface area contributed by atoms with Gasteiger partial charge in [0, 0.05) is 24.5 Å². The van der Waals surface area contributed by atoms with Crippen LogP contribution in [0.15, 0.2) is 72.9 Å². The van der Waals surface area contributed by atoms with Gasteiger partial charge in [-0.2, -0.15) is 13.2 Å². The zero-order valence-electron chi connectivity index (χ0n) is 23.4. The molecular formula is C30H33F3N4O4S. The number of halogens is 3. The second-order valence-electron chi connectivity index (χ2n) is 10.7. The maximum absolute atomic E-state index is 13.8. The van der Waals surface area contributed by atoms with E-state index in [4.69, 9.17) is 0 Å². The molecular weight excluding hydrogens is 569 g/mol. The first kappa shape index (κ1) is 31.2. The standard InChI is InChI=1S/C30H33F3N4O4S/c1-29(2)25(27(40)34-17-20-12-7-8-13-21(20)30(31,32)33)37(18-42-29)28(41)24(38)22(16-19-10-5-4-6-11-19)35-26(39)23-14-9-15-36(23)3/h4-15,22,24-25,38H,16-18H2,1-3H3,(H,34,40)(H,35,39). The summed E-state index contributed by atoms with van der Waals surface area (Å²) >= 11 is 1.31. The minimum atomic E-state index is -4.59. The summed E-state index contributed by atoms with van der Waals surface area (Å²) in [5.74, 6) is -1.82. The van der Waals surface area contributed by atoms with Crippen LogP contribution in [0.3, 0.4) is 0 Å². The number of aromatic nitrogens is 1. The number of aliphatic hydroxyl groups is 1. The summed E-state index contributed by atoms with van der Waals surface area (Å²) in [7, 11) is 1.70. The van der Waals surface area contributed by atoms with Gasteiger partial charge in [-0.25, -0.2) is 0 Å². The quantitative estimate of drug-likeness (QED) is 0.346. The monoisotopic (exact) mass is 602 g/mol. The van der Waals surface area contributed by atoms with Crippen molar-refractivity contribution in [3.05, 3.63) is 95.3 Å². The van der Waals surface area contributed by atoms with Gasteiger partial charge in [0.2, 0.25) is 5.91 Å². The molecule has 3 unspecified atom stereocenters. The first-order valence-corrected chi connectivity index (χ1v) is 14.3. The van der Waals surface area contributed by atoms with E-state index in [9.17, 15) is 32.7 Å². The molecule has 3 aromatic rings. The summed E-state index contributed by atoms with van der Waals surface area (Å²) in [6.45, 7) is 3.12. The highest BCUT2D eigenvalue weighted by atomic mass is 32.2. The van der Waals surface area contributed by atoms with Gasteiger partial charge in [-0.15, -0.1) is 11.8 Å². The molecule has 4 rings (SSSR count). The van der Waals surface area contributed by atoms with Crippen LogP contribution in [0.1, 0.15) is 41.0 Å². The fourth-order valence-corrected chi connectivity index (χ4v) is 6.17. The molecule has 2 heterocycles. The third-order valence-electron chi connectivity index (χ3n) is 7.28. The van der Waals surface area contributed by atoms with Gasteiger partial charge in [-0.1, -0.05) is 48.5 Å². The van der Waals surface area contributed by atoms with Crippen LogP contribution >= 0.6 is 11.8 Å². The SMILES string of the molecule is Cn1cccc1C(=O)NC(Cc1ccccc1)C(O)C(=O)N1CSC(C)(C)C1C(=O)NCc1ccccc1C(F)(F)F. The summed E-state index contributed by atoms with van der Waals surface area (Å²) in [4.78, 5) is 41.4. The van der Waals surface area contributed by atoms with Crippen molar-refractivity contribution < 1.29 is 32.7 Å². The van der Waals surface area contributed by atoms with Crippen molar-refractivity contribution in [1.29, 1.82) is 0 Å². The molecule has 0 bridgehead atoms. The highest BCUT2D eigenvalue weighted by molar-refractivity contribution is 8.00. The molecule has 12 heteroatoms. The number of rotatable bonds is 9. The molecule has 0 aliphatic carbocycles. The summed E-state index contributed by atoms with van der Waals surface area (Å²) in [5.41, 5.74) is 0.148. The molecule has 1 fully saturated rings. The Labute approximate surface area is 246 Å². The predicted molar refractivity (Wildman–Crippen MR) is 153 cm³/mol. The van der Waals surface area contributed by atoms with E-state index in [2.05, 4.69) is 10.6 Å². The third kappa shape index (κ3) is 6.99. The fraction of sp³-hybridized carbons (Fsp3) is 0.367. The molecule has 42 heavy (non-hydrogen) atoms. The van der Waals surface area contributed by atoms with Gasteiger partial charge >= 0.3 is 6.18 Å². The maximum atomic E-state index is 13.8. The summed E-state index contributed by atoms with van der Waals surface area (Å²) in [5, 5.41) is 16.7. The lowest BCUT2D eigenvalue weighted by Gasteiger charge is -2.33. The number of carbonyl (C=O) groups excluding carboxylic acids is 3. The van der Waals surface area contributed by atoms with Crippen LogP contribution in [0, 0.1) is 0 Å². The van der Waals surface area contributed by atoms with E-state index in [1.54, 1.807) is 55.9 Å². The Morgan fingerprint density at radius 3 is 2.36 bits per heavy atom. The van der Waals surface area contributed by atoms with Crippen LogP contribution < -0.4 is 10.6 Å². The summed E-state index contributed by atoms with van der Waals surface area (Å²) in [6.07, 6.45) is -4.46. The zero-order valence-corrected chi connectivity index (χ0v) is 24.2. The van der Waals surface area contributed by atoms with Crippen molar-refractivity contribution in [3.63, 3.8) is 0 Å². The number of hydrogen-bond donors (Lipinski definition) is 3. The number of alkyl halides is 3. The van der Waals surface area contributed by atoms with Gasteiger partial charge in [0.05, 0.1) is 17.5 Å². The van der Waals surface area contributed by atoms with Crippen molar-refractivity contribution in [2.24, 2.45) is 7.05 Å². The van der Waals surface area contributed by atoms with E-state index in [0.29, 0.717) is 5.69 Å². The topological polar surface area (TPSA) is 104 Å². The van der Waals surface area contributed by atoms with Crippen LogP contribution in [0.4, 0.5) is 13.2 Å². The predicted octanol–water partition coefficient (Wildman–Crippen LogP) is 3.74. The molecule has 3 amide bonds. The van der Waals surface area contributed by atoms with Crippen LogP contribution in [-0.4, -0.2) is 61.1 Å². The number of amides is 3. The van der Waals surface area contributed by atoms with Gasteiger partial charge in [0.25, 0.3) is 11.8 Å². The summed E-state index contributed by atoms with van der Waals surface area (Å²) < 4.78 is 41.2. The summed E-state index contributed by atoms with van der Waals surface area (Å²) in [6, 6.07) is 15.2. The van der Waals surface area contributed by atoms with Crippen molar-refractivity contribution in [3.8, 4) is 0 Å². The van der Waals surface area contributed by atoms with Crippen LogP contribution in [0.5, 0.6) is 0 Å². The number of benzene rings is 2. The lowest BCUT2D eigenvalue weighted by Crippen LogP contribution is -2.58. The molecule has 0 saturated carbocycles. The molecule has 3 atom stereocenters. The lowest BCUT2D eigenvalue weighted by atomic mass is 9.97. The molecule has 1 aliphatic rings. The number of aryl methyl sites for hydroxylation is 1. The molecule has 2 aromatic carbocycles. The van der Waals surface area contributed by atoms with Gasteiger partial charge in [0.1, 0.15) is 11.7 Å². The fourth-order valence-electron chi connectivity index (χ4n) is 5.03. The van der Waals surface area contributed by atoms with Crippen LogP contribution in [-0.2, 0) is 35.8 Å². The number of thioether (sulfide) groups is 1. The molecule has 1 saturated heterocycles. The van der Waals surface area contributed by atoms with Crippen LogP contribution in [0.25, 0.3) is 0 Å². The van der Waals surface area contributed by atoms with Gasteiger partial charge < -0.3 is 25.2 Å². The Kier molecular flexibility index (Phi) is 9.37. The largest absolute Gasteiger partial charge is 0.416 e. The van der Waals surface area contributed by atoms with E-state index in [0.717, 1.165) is 11.6 Å². The number of hydrogen-bond acceptors (Lipinski definition) is 5. The molecule has 1 aromatic heterocycles. The van der Waals surface area contributed by atoms with E-state index in [-0.39, 0.29) is 24.4 Å². The Bertz CT molecular complexity index is 1430. The highest BCUT2D eigenvalue weighted by Crippen LogP contribution is 2.40. The van der Waals surface area contributed by atoms with Crippen molar-refractivity contribution in [1.82, 2.24) is 20.1 Å². The third-order valence-corrected chi connectivity index (χ3v) is 8.65. The first-order valence-electron chi connectivity index (χ1n) is 13.3. The Morgan fingerprint density at radius 2 is 1.71 bits per heavy atom. The number of carbonyl (C=O) groups is 3. The Hall–Kier alpha value is -3.77. The zero-order chi connectivity index (χ0) is 30.7. The molecule has 3 N–H and O–H groups in total. The van der Waals surface area contributed by atoms with Gasteiger partial charge in [0.15, 0.2) is 6.10 Å². The number of nitrogens with zero attached hydrogens (tertiary/aromatic N) is 2. The normalized spacial score (nSPS) is 17.9. The smallest absolute Gasteiger partial charge is 0.381 e. The Morgan fingerprint density at radius 1 is 1.05 bits per heavy atom. The first-order chi connectivity index (χ1) is 19.8. The second-order valence-corrected chi connectivity index (χ2v) is 12.3. The molecule has 0 radical (unpaired) electrons. The minimum absolute atomic E-state index is 0.0733. The number of aliphatic hydroxyl groups excluding tert-OH is 1. The number of nitrogens with one attached hydrogen (secondary N) is 2. The highest BCUT2D eigenvalue weighted by Gasteiger charge is 2.50. The molecule has 0 spiro atoms. The van der Waals surface area contributed by atoms with Crippen LogP contribution in [0.2, 0.25) is 0 Å². The average molecular weight is 603 g/mol. The van der Waals surface area contributed by atoms with Crippen molar-refractivity contribution in [2.75, 3.05) is 5.88 Å². The van der Waals surface area contributed by atoms with E-state index < -0.39 is 52.4 Å². The molecule has 8 nitrogen and oxygen atoms in total. The van der Waals surface area contributed by atoms with Gasteiger partial charge in [-0.3, -0.25) is 14.4 Å². The van der Waals surface area contributed by atoms with E-state index >= 15 is 0 Å². The lowest BCUT2D eigenvalue weighted by molar-refractivity contribution is -0.147. The van der Waals surface area contributed by atoms with Crippen molar-refractivity contribution in [2.45, 2.75) is 55.9 Å². The molecule has 224 valence electrons. The average Bonchev–Trinajstić information content (AvgIpc) is 3.52. The van der Waals surface area contributed by atoms with Crippen molar-refractivity contribution >= 4 is 29.5 Å². The van der Waals surface area contributed by atoms with E-state index in [1.165, 1.54) is 34.9 Å².